The van der Waals surface area contributed by atoms with Crippen LogP contribution in [0.15, 0.2) is 30.3 Å². The van der Waals surface area contributed by atoms with Crippen LogP contribution in [0.3, 0.4) is 0 Å². The van der Waals surface area contributed by atoms with E-state index < -0.39 is 14.4 Å². The summed E-state index contributed by atoms with van der Waals surface area (Å²) in [6.07, 6.45) is -0.794. The number of aliphatic hydroxyl groups excluding tert-OH is 1. The van der Waals surface area contributed by atoms with Gasteiger partial charge in [0.1, 0.15) is 17.6 Å². The van der Waals surface area contributed by atoms with Crippen LogP contribution in [0.4, 0.5) is 5.69 Å². The summed E-state index contributed by atoms with van der Waals surface area (Å²) in [7, 11) is -2.06. The molecule has 1 heterocycles. The number of benzene rings is 2. The van der Waals surface area contributed by atoms with Gasteiger partial charge in [0.2, 0.25) is 0 Å². The first kappa shape index (κ1) is 24.3. The van der Waals surface area contributed by atoms with E-state index in [1.165, 1.54) is 0 Å². The Bertz CT molecular complexity index is 955. The summed E-state index contributed by atoms with van der Waals surface area (Å²) in [4.78, 5) is 11.5. The summed E-state index contributed by atoms with van der Waals surface area (Å²) in [5.41, 5.74) is 5.71. The zero-order chi connectivity index (χ0) is 23.8. The summed E-state index contributed by atoms with van der Waals surface area (Å²) < 4.78 is 12.4. The zero-order valence-corrected chi connectivity index (χ0v) is 21.6. The number of nitrogens with one attached hydrogen (secondary N) is 1. The quantitative estimate of drug-likeness (QED) is 0.483. The Balaban J connectivity index is 1.95. The normalized spacial score (nSPS) is 14.9. The van der Waals surface area contributed by atoms with Crippen molar-refractivity contribution in [1.29, 1.82) is 0 Å². The molecule has 1 unspecified atom stereocenters. The van der Waals surface area contributed by atoms with Crippen LogP contribution in [0, 0.1) is 13.8 Å². The van der Waals surface area contributed by atoms with Crippen molar-refractivity contribution in [3.63, 3.8) is 0 Å². The molecule has 0 fully saturated rings. The van der Waals surface area contributed by atoms with E-state index in [9.17, 15) is 9.90 Å². The van der Waals surface area contributed by atoms with Gasteiger partial charge in [0.05, 0.1) is 5.69 Å². The fourth-order valence-corrected chi connectivity index (χ4v) is 10.6. The molecule has 2 aromatic carbocycles. The highest BCUT2D eigenvalue weighted by atomic mass is 28.4. The van der Waals surface area contributed by atoms with E-state index in [0.29, 0.717) is 28.1 Å². The molecule has 3 rings (SSSR count). The smallest absolute Gasteiger partial charge is 0.262 e. The first-order valence-electron chi connectivity index (χ1n) is 11.5. The number of hydrogen-bond acceptors (Lipinski definition) is 4. The minimum Gasteiger partial charge on any atom is -0.543 e. The van der Waals surface area contributed by atoms with Gasteiger partial charge in [-0.3, -0.25) is 4.79 Å². The maximum Gasteiger partial charge on any atom is 0.262 e. The predicted octanol–water partition coefficient (Wildman–Crippen LogP) is 6.27. The molecule has 0 saturated heterocycles. The van der Waals surface area contributed by atoms with Crippen molar-refractivity contribution < 1.29 is 19.1 Å². The minimum atomic E-state index is -2.06. The molecule has 1 atom stereocenters. The molecule has 2 aromatic rings. The number of hydrogen-bond donors (Lipinski definition) is 2. The Morgan fingerprint density at radius 1 is 0.969 bits per heavy atom. The van der Waals surface area contributed by atoms with Crippen LogP contribution in [-0.4, -0.2) is 25.9 Å². The molecule has 0 aromatic heterocycles. The number of fused-ring (bicyclic) bond motifs is 1. The maximum absolute atomic E-state index is 11.5. The average Bonchev–Trinajstić information content (AvgIpc) is 2.70. The summed E-state index contributed by atoms with van der Waals surface area (Å²) >= 11 is 0. The van der Waals surface area contributed by atoms with Crippen molar-refractivity contribution in [2.24, 2.45) is 0 Å². The van der Waals surface area contributed by atoms with Gasteiger partial charge in [0.25, 0.3) is 14.2 Å². The van der Waals surface area contributed by atoms with Crippen LogP contribution < -0.4 is 14.5 Å². The van der Waals surface area contributed by atoms with Gasteiger partial charge in [0.15, 0.2) is 6.61 Å². The van der Waals surface area contributed by atoms with Crippen molar-refractivity contribution in [1.82, 2.24) is 0 Å². The Hall–Kier alpha value is -2.31. The fraction of sp³-hybridized carbons (Fsp3) is 0.500. The molecule has 32 heavy (non-hydrogen) atoms. The number of amides is 1. The van der Waals surface area contributed by atoms with Crippen molar-refractivity contribution >= 4 is 19.9 Å². The Kier molecular flexibility index (Phi) is 7.05. The number of carbonyl (C=O) groups is 1. The summed E-state index contributed by atoms with van der Waals surface area (Å²) in [6.45, 7) is 17.7. The third-order valence-electron chi connectivity index (χ3n) is 6.80. The lowest BCUT2D eigenvalue weighted by molar-refractivity contribution is -0.118. The standard InChI is InChI=1S/C26H37NO4Si/c1-15(2)32(16(3)4,17(5)6)31-21-11-18(7)25(19(8)12-21)26(29)20-9-10-22-23(13-20)30-14-24(28)27-22/h9-13,15-17,26,29H,14H2,1-8H3,(H,27,28). The Morgan fingerprint density at radius 2 is 1.53 bits per heavy atom. The van der Waals surface area contributed by atoms with Crippen molar-refractivity contribution in [3.05, 3.63) is 52.6 Å². The molecule has 2 N–H and O–H groups in total. The SMILES string of the molecule is Cc1cc(O[Si](C(C)C)(C(C)C)C(C)C)cc(C)c1C(O)c1ccc2c(c1)OCC(=O)N2. The first-order chi connectivity index (χ1) is 15.0. The Morgan fingerprint density at radius 3 is 2.06 bits per heavy atom. The average molecular weight is 456 g/mol. The van der Waals surface area contributed by atoms with Gasteiger partial charge >= 0.3 is 0 Å². The van der Waals surface area contributed by atoms with E-state index in [4.69, 9.17) is 9.16 Å². The highest BCUT2D eigenvalue weighted by Gasteiger charge is 2.47. The molecule has 0 spiro atoms. The van der Waals surface area contributed by atoms with Crippen LogP contribution in [-0.2, 0) is 4.79 Å². The van der Waals surface area contributed by atoms with Crippen molar-refractivity contribution in [2.45, 2.75) is 78.1 Å². The summed E-state index contributed by atoms with van der Waals surface area (Å²) in [5.74, 6) is 1.31. The highest BCUT2D eigenvalue weighted by Crippen LogP contribution is 2.44. The van der Waals surface area contributed by atoms with Crippen LogP contribution >= 0.6 is 0 Å². The van der Waals surface area contributed by atoms with E-state index in [2.05, 4.69) is 59.0 Å². The molecule has 174 valence electrons. The summed E-state index contributed by atoms with van der Waals surface area (Å²) in [5, 5.41) is 14.0. The summed E-state index contributed by atoms with van der Waals surface area (Å²) in [6, 6.07) is 9.54. The molecule has 6 heteroatoms. The van der Waals surface area contributed by atoms with Gasteiger partial charge in [-0.25, -0.2) is 0 Å². The van der Waals surface area contributed by atoms with Crippen molar-refractivity contribution in [3.8, 4) is 11.5 Å². The lowest BCUT2D eigenvalue weighted by Crippen LogP contribution is -2.50. The zero-order valence-electron chi connectivity index (χ0n) is 20.6. The van der Waals surface area contributed by atoms with Gasteiger partial charge in [-0.15, -0.1) is 0 Å². The third-order valence-corrected chi connectivity index (χ3v) is 12.8. The molecular weight excluding hydrogens is 418 g/mol. The second-order valence-corrected chi connectivity index (χ2v) is 15.3. The number of carbonyl (C=O) groups excluding carboxylic acids is 1. The van der Waals surface area contributed by atoms with E-state index in [-0.39, 0.29) is 12.5 Å². The molecule has 5 nitrogen and oxygen atoms in total. The van der Waals surface area contributed by atoms with Crippen LogP contribution in [0.25, 0.3) is 0 Å². The third kappa shape index (κ3) is 4.43. The van der Waals surface area contributed by atoms with E-state index in [1.54, 1.807) is 12.1 Å². The number of ether oxygens (including phenoxy) is 1. The second kappa shape index (κ2) is 9.28. The molecular formula is C26H37NO4Si. The van der Waals surface area contributed by atoms with Gasteiger partial charge in [0, 0.05) is 0 Å². The monoisotopic (exact) mass is 455 g/mol. The molecule has 1 aliphatic rings. The topological polar surface area (TPSA) is 67.8 Å². The molecule has 0 aliphatic carbocycles. The van der Waals surface area contributed by atoms with E-state index in [0.717, 1.165) is 28.0 Å². The number of aryl methyl sites for hydroxylation is 2. The van der Waals surface area contributed by atoms with Gasteiger partial charge in [-0.1, -0.05) is 47.6 Å². The second-order valence-electron chi connectivity index (χ2n) is 9.89. The lowest BCUT2D eigenvalue weighted by atomic mass is 9.93. The van der Waals surface area contributed by atoms with E-state index >= 15 is 0 Å². The van der Waals surface area contributed by atoms with Gasteiger partial charge in [-0.05, 0) is 77.0 Å². The molecule has 0 saturated carbocycles. The Labute approximate surface area is 193 Å². The van der Waals surface area contributed by atoms with Crippen LogP contribution in [0.5, 0.6) is 11.5 Å². The predicted molar refractivity (Wildman–Crippen MR) is 132 cm³/mol. The largest absolute Gasteiger partial charge is 0.543 e. The van der Waals surface area contributed by atoms with Crippen molar-refractivity contribution in [2.75, 3.05) is 11.9 Å². The molecule has 1 amide bonds. The lowest BCUT2D eigenvalue weighted by Gasteiger charge is -2.42. The number of rotatable bonds is 7. The van der Waals surface area contributed by atoms with Gasteiger partial charge in [-0.2, -0.15) is 0 Å². The van der Waals surface area contributed by atoms with E-state index in [1.807, 2.05) is 19.9 Å². The first-order valence-corrected chi connectivity index (χ1v) is 13.7. The molecule has 0 radical (unpaired) electrons. The molecule has 1 aliphatic heterocycles. The fourth-order valence-electron chi connectivity index (χ4n) is 5.41. The number of anilines is 1. The minimum absolute atomic E-state index is 0.0101. The molecule has 0 bridgehead atoms. The maximum atomic E-state index is 11.5. The van der Waals surface area contributed by atoms with Crippen LogP contribution in [0.2, 0.25) is 16.6 Å². The number of aliphatic hydroxyl groups is 1. The van der Waals surface area contributed by atoms with Gasteiger partial charge < -0.3 is 19.6 Å². The highest BCUT2D eigenvalue weighted by molar-refractivity contribution is 6.78. The van der Waals surface area contributed by atoms with Crippen LogP contribution in [0.1, 0.15) is 69.9 Å².